The lowest BCUT2D eigenvalue weighted by molar-refractivity contribution is 0.683. The van der Waals surface area contributed by atoms with E-state index in [1.165, 1.54) is 48.1 Å². The van der Waals surface area contributed by atoms with Gasteiger partial charge in [-0.25, -0.2) is 0 Å². The summed E-state index contributed by atoms with van der Waals surface area (Å²) >= 11 is 6.73. The van der Waals surface area contributed by atoms with Gasteiger partial charge in [-0.3, -0.25) is 0 Å². The Morgan fingerprint density at radius 3 is 2.45 bits per heavy atom. The molecule has 0 N–H and O–H groups in total. The Hall–Kier alpha value is -1.47. The third kappa shape index (κ3) is 3.47. The van der Waals surface area contributed by atoms with Crippen molar-refractivity contribution in [3.63, 3.8) is 0 Å². The van der Waals surface area contributed by atoms with Crippen molar-refractivity contribution < 1.29 is 0 Å². The number of nitrogens with zero attached hydrogens (tertiary/aromatic N) is 1. The number of para-hydroxylation sites is 1. The first-order chi connectivity index (χ1) is 10.8. The van der Waals surface area contributed by atoms with Crippen LogP contribution in [0.2, 0.25) is 0 Å². The number of likely N-dealkylation sites (N-methyl/N-ethyl adjacent to an activating group) is 1. The van der Waals surface area contributed by atoms with Crippen molar-refractivity contribution in [1.29, 1.82) is 0 Å². The fourth-order valence-electron chi connectivity index (χ4n) is 3.30. The lowest BCUT2D eigenvalue weighted by atomic mass is 9.90. The Labute approximate surface area is 138 Å². The number of benzene rings is 2. The van der Waals surface area contributed by atoms with Crippen LogP contribution >= 0.6 is 11.6 Å². The maximum atomic E-state index is 6.73. The summed E-state index contributed by atoms with van der Waals surface area (Å²) in [7, 11) is 0. The lowest BCUT2D eigenvalue weighted by Crippen LogP contribution is -2.26. The minimum atomic E-state index is 0.0346. The second-order valence-electron chi connectivity index (χ2n) is 6.08. The highest BCUT2D eigenvalue weighted by atomic mass is 35.5. The molecule has 3 rings (SSSR count). The van der Waals surface area contributed by atoms with Crippen LogP contribution in [0.4, 0.5) is 5.69 Å². The summed E-state index contributed by atoms with van der Waals surface area (Å²) in [6, 6.07) is 17.4. The van der Waals surface area contributed by atoms with Crippen molar-refractivity contribution in [3.8, 4) is 0 Å². The van der Waals surface area contributed by atoms with Crippen LogP contribution < -0.4 is 4.90 Å². The Bertz CT molecular complexity index is 608. The van der Waals surface area contributed by atoms with Gasteiger partial charge in [0, 0.05) is 18.8 Å². The van der Waals surface area contributed by atoms with Crippen LogP contribution in [0.3, 0.4) is 0 Å². The quantitative estimate of drug-likeness (QED) is 0.671. The van der Waals surface area contributed by atoms with Gasteiger partial charge in [0.05, 0.1) is 5.38 Å². The third-order valence-electron chi connectivity index (χ3n) is 4.62. The molecular formula is C20H24ClN. The van der Waals surface area contributed by atoms with E-state index in [2.05, 4.69) is 60.4 Å². The largest absolute Gasteiger partial charge is 0.370 e. The molecule has 22 heavy (non-hydrogen) atoms. The number of aryl methyl sites for hydroxylation is 2. The molecule has 1 atom stereocenters. The second-order valence-corrected chi connectivity index (χ2v) is 6.60. The van der Waals surface area contributed by atoms with Crippen LogP contribution in [-0.4, -0.2) is 13.1 Å². The molecule has 0 spiro atoms. The summed E-state index contributed by atoms with van der Waals surface area (Å²) in [5.41, 5.74) is 5.54. The van der Waals surface area contributed by atoms with Crippen molar-refractivity contribution in [1.82, 2.24) is 0 Å². The van der Waals surface area contributed by atoms with Crippen molar-refractivity contribution in [2.75, 3.05) is 18.0 Å². The summed E-state index contributed by atoms with van der Waals surface area (Å²) < 4.78 is 0. The summed E-state index contributed by atoms with van der Waals surface area (Å²) in [6.45, 7) is 4.00. The van der Waals surface area contributed by atoms with E-state index in [-0.39, 0.29) is 5.38 Å². The first kappa shape index (κ1) is 15.4. The molecule has 0 aliphatic heterocycles. The average molecular weight is 314 g/mol. The third-order valence-corrected chi connectivity index (χ3v) is 5.01. The highest BCUT2D eigenvalue weighted by molar-refractivity contribution is 6.21. The summed E-state index contributed by atoms with van der Waals surface area (Å²) in [4.78, 5) is 2.34. The monoisotopic (exact) mass is 313 g/mol. The Balaban J connectivity index is 1.74. The smallest absolute Gasteiger partial charge is 0.0760 e. The molecule has 1 unspecified atom stereocenters. The number of hydrogen-bond acceptors (Lipinski definition) is 1. The van der Waals surface area contributed by atoms with Gasteiger partial charge < -0.3 is 4.90 Å². The SMILES string of the molecule is CCN(CC(Cl)c1ccc2c(c1)CCCC2)c1ccccc1. The molecule has 0 radical (unpaired) electrons. The highest BCUT2D eigenvalue weighted by Crippen LogP contribution is 2.29. The van der Waals surface area contributed by atoms with Gasteiger partial charge in [-0.2, -0.15) is 0 Å². The molecule has 2 aromatic carbocycles. The topological polar surface area (TPSA) is 3.24 Å². The summed E-state index contributed by atoms with van der Waals surface area (Å²) in [5, 5.41) is 0.0346. The minimum absolute atomic E-state index is 0.0346. The molecule has 1 aliphatic rings. The Morgan fingerprint density at radius 2 is 1.73 bits per heavy atom. The molecule has 0 heterocycles. The number of anilines is 1. The standard InChI is InChI=1S/C20H24ClN/c1-2-22(19-10-4-3-5-11-19)15-20(21)18-13-12-16-8-6-7-9-17(16)14-18/h3-5,10-14,20H,2,6-9,15H2,1H3. The van der Waals surface area contributed by atoms with Crippen LogP contribution in [0.5, 0.6) is 0 Å². The van der Waals surface area contributed by atoms with E-state index in [1.54, 1.807) is 0 Å². The van der Waals surface area contributed by atoms with Gasteiger partial charge in [-0.1, -0.05) is 36.4 Å². The van der Waals surface area contributed by atoms with Crippen LogP contribution in [0.25, 0.3) is 0 Å². The van der Waals surface area contributed by atoms with E-state index in [4.69, 9.17) is 11.6 Å². The zero-order valence-corrected chi connectivity index (χ0v) is 14.0. The molecule has 0 saturated heterocycles. The number of fused-ring (bicyclic) bond motifs is 1. The van der Waals surface area contributed by atoms with Gasteiger partial charge in [0.1, 0.15) is 0 Å². The van der Waals surface area contributed by atoms with Crippen molar-refractivity contribution in [2.24, 2.45) is 0 Å². The van der Waals surface area contributed by atoms with Crippen molar-refractivity contribution in [2.45, 2.75) is 38.0 Å². The molecule has 1 aliphatic carbocycles. The van der Waals surface area contributed by atoms with Gasteiger partial charge in [-0.05, 0) is 61.4 Å². The molecule has 2 aromatic rings. The van der Waals surface area contributed by atoms with E-state index >= 15 is 0 Å². The first-order valence-electron chi connectivity index (χ1n) is 8.33. The van der Waals surface area contributed by atoms with Gasteiger partial charge in [0.2, 0.25) is 0 Å². The lowest BCUT2D eigenvalue weighted by Gasteiger charge is -2.26. The predicted molar refractivity (Wildman–Crippen MR) is 96.0 cm³/mol. The van der Waals surface area contributed by atoms with E-state index in [0.717, 1.165) is 13.1 Å². The summed E-state index contributed by atoms with van der Waals surface area (Å²) in [5.74, 6) is 0. The number of alkyl halides is 1. The van der Waals surface area contributed by atoms with Crippen LogP contribution in [0.1, 0.15) is 41.8 Å². The zero-order valence-electron chi connectivity index (χ0n) is 13.3. The highest BCUT2D eigenvalue weighted by Gasteiger charge is 2.16. The molecular weight excluding hydrogens is 290 g/mol. The zero-order chi connectivity index (χ0) is 15.4. The first-order valence-corrected chi connectivity index (χ1v) is 8.77. The van der Waals surface area contributed by atoms with E-state index in [9.17, 15) is 0 Å². The van der Waals surface area contributed by atoms with Gasteiger partial charge in [0.15, 0.2) is 0 Å². The molecule has 116 valence electrons. The predicted octanol–water partition coefficient (Wildman–Crippen LogP) is 5.37. The Morgan fingerprint density at radius 1 is 1.00 bits per heavy atom. The van der Waals surface area contributed by atoms with Gasteiger partial charge in [0.25, 0.3) is 0 Å². The molecule has 0 saturated carbocycles. The number of rotatable bonds is 5. The summed E-state index contributed by atoms with van der Waals surface area (Å²) in [6.07, 6.45) is 5.08. The second kappa shape index (κ2) is 7.19. The number of halogens is 1. The maximum absolute atomic E-state index is 6.73. The van der Waals surface area contributed by atoms with Crippen LogP contribution in [0.15, 0.2) is 48.5 Å². The Kier molecular flexibility index (Phi) is 5.04. The van der Waals surface area contributed by atoms with Crippen molar-refractivity contribution in [3.05, 3.63) is 65.2 Å². The molecule has 2 heteroatoms. The fourth-order valence-corrected chi connectivity index (χ4v) is 3.61. The fraction of sp³-hybridized carbons (Fsp3) is 0.400. The van der Waals surface area contributed by atoms with E-state index < -0.39 is 0 Å². The molecule has 0 bridgehead atoms. The maximum Gasteiger partial charge on any atom is 0.0760 e. The van der Waals surface area contributed by atoms with Crippen LogP contribution in [0, 0.1) is 0 Å². The average Bonchev–Trinajstić information content (AvgIpc) is 2.59. The minimum Gasteiger partial charge on any atom is -0.370 e. The van der Waals surface area contributed by atoms with E-state index in [1.807, 2.05) is 0 Å². The van der Waals surface area contributed by atoms with Crippen molar-refractivity contribution >= 4 is 17.3 Å². The van der Waals surface area contributed by atoms with Gasteiger partial charge >= 0.3 is 0 Å². The molecule has 0 fully saturated rings. The number of hydrogen-bond donors (Lipinski definition) is 0. The molecule has 0 amide bonds. The molecule has 1 nitrogen and oxygen atoms in total. The van der Waals surface area contributed by atoms with Crippen LogP contribution in [-0.2, 0) is 12.8 Å². The van der Waals surface area contributed by atoms with Gasteiger partial charge in [-0.15, -0.1) is 11.6 Å². The normalized spacial score (nSPS) is 15.2. The molecule has 0 aromatic heterocycles. The van der Waals surface area contributed by atoms with E-state index in [0.29, 0.717) is 0 Å².